The van der Waals surface area contributed by atoms with Crippen molar-refractivity contribution in [2.24, 2.45) is 5.92 Å². The van der Waals surface area contributed by atoms with Crippen LogP contribution in [0.5, 0.6) is 0 Å². The van der Waals surface area contributed by atoms with E-state index in [1.165, 1.54) is 16.7 Å². The van der Waals surface area contributed by atoms with Crippen molar-refractivity contribution in [3.8, 4) is 0 Å². The van der Waals surface area contributed by atoms with Crippen LogP contribution in [0.25, 0.3) is 0 Å². The normalized spacial score (nSPS) is 24.7. The lowest BCUT2D eigenvalue weighted by Crippen LogP contribution is -2.22. The highest BCUT2D eigenvalue weighted by molar-refractivity contribution is 5.33. The van der Waals surface area contributed by atoms with Gasteiger partial charge in [-0.3, -0.25) is 0 Å². The maximum atomic E-state index is 5.63. The van der Waals surface area contributed by atoms with E-state index in [9.17, 15) is 0 Å². The van der Waals surface area contributed by atoms with Gasteiger partial charge in [-0.1, -0.05) is 36.4 Å². The molecule has 0 bridgehead atoms. The Labute approximate surface area is 91.8 Å². The van der Waals surface area contributed by atoms with Crippen LogP contribution in [0.15, 0.2) is 36.4 Å². The van der Waals surface area contributed by atoms with Crippen molar-refractivity contribution in [2.75, 3.05) is 7.11 Å². The molecule has 0 aliphatic heterocycles. The van der Waals surface area contributed by atoms with E-state index in [-0.39, 0.29) is 6.10 Å². The number of methoxy groups -OCH3 is 1. The minimum absolute atomic E-state index is 0.201. The van der Waals surface area contributed by atoms with E-state index in [1.54, 1.807) is 7.11 Å². The summed E-state index contributed by atoms with van der Waals surface area (Å²) in [6.07, 6.45) is 2.51. The van der Waals surface area contributed by atoms with E-state index in [2.05, 4.69) is 37.8 Å². The number of fused-ring (bicyclic) bond motifs is 1. The molecule has 0 heterocycles. The third-order valence-electron chi connectivity index (χ3n) is 3.34. The van der Waals surface area contributed by atoms with Crippen molar-refractivity contribution >= 4 is 0 Å². The van der Waals surface area contributed by atoms with E-state index < -0.39 is 0 Å². The largest absolute Gasteiger partial charge is 0.376 e. The number of rotatable bonds is 2. The zero-order chi connectivity index (χ0) is 10.8. The fraction of sp³-hybridized carbons (Fsp3) is 0.429. The van der Waals surface area contributed by atoms with Gasteiger partial charge in [-0.05, 0) is 30.9 Å². The second-order valence-corrected chi connectivity index (χ2v) is 4.35. The molecule has 15 heavy (non-hydrogen) atoms. The first kappa shape index (κ1) is 10.4. The van der Waals surface area contributed by atoms with Gasteiger partial charge >= 0.3 is 0 Å². The van der Waals surface area contributed by atoms with Crippen LogP contribution in [0.1, 0.15) is 30.6 Å². The topological polar surface area (TPSA) is 9.23 Å². The van der Waals surface area contributed by atoms with Crippen LogP contribution in [0, 0.1) is 5.92 Å². The molecule has 0 radical (unpaired) electrons. The predicted molar refractivity (Wildman–Crippen MR) is 62.8 cm³/mol. The third kappa shape index (κ3) is 1.84. The van der Waals surface area contributed by atoms with Crippen LogP contribution < -0.4 is 0 Å². The molecule has 0 spiro atoms. The second-order valence-electron chi connectivity index (χ2n) is 4.35. The lowest BCUT2D eigenvalue weighted by molar-refractivity contribution is 0.0546. The first-order chi connectivity index (χ1) is 7.24. The van der Waals surface area contributed by atoms with E-state index in [1.807, 2.05) is 0 Å². The summed E-state index contributed by atoms with van der Waals surface area (Å²) >= 11 is 0. The van der Waals surface area contributed by atoms with Gasteiger partial charge in [0.1, 0.15) is 0 Å². The number of hydrogen-bond donors (Lipinski definition) is 0. The number of benzene rings is 1. The molecule has 1 aliphatic rings. The van der Waals surface area contributed by atoms with Crippen LogP contribution in [-0.2, 0) is 11.2 Å². The zero-order valence-electron chi connectivity index (χ0n) is 9.49. The summed E-state index contributed by atoms with van der Waals surface area (Å²) in [5.74, 6) is 0.477. The predicted octanol–water partition coefficient (Wildman–Crippen LogP) is 3.51. The molecular weight excluding hydrogens is 184 g/mol. The highest BCUT2D eigenvalue weighted by Crippen LogP contribution is 2.39. The average molecular weight is 202 g/mol. The molecule has 1 aromatic carbocycles. The molecule has 80 valence electrons. The van der Waals surface area contributed by atoms with Gasteiger partial charge in [0, 0.05) is 13.0 Å². The summed E-state index contributed by atoms with van der Waals surface area (Å²) in [5, 5.41) is 0. The Kier molecular flexibility index (Phi) is 2.92. The van der Waals surface area contributed by atoms with Gasteiger partial charge < -0.3 is 4.74 Å². The molecule has 2 rings (SSSR count). The quantitative estimate of drug-likeness (QED) is 0.667. The molecule has 0 N–H and O–H groups in total. The molecule has 1 aliphatic carbocycles. The number of hydrogen-bond acceptors (Lipinski definition) is 1. The summed E-state index contributed by atoms with van der Waals surface area (Å²) < 4.78 is 5.63. The van der Waals surface area contributed by atoms with Crippen LogP contribution in [0.3, 0.4) is 0 Å². The third-order valence-corrected chi connectivity index (χ3v) is 3.34. The summed E-state index contributed by atoms with van der Waals surface area (Å²) in [4.78, 5) is 0. The molecule has 0 unspecified atom stereocenters. The molecule has 0 fully saturated rings. The summed E-state index contributed by atoms with van der Waals surface area (Å²) in [5.41, 5.74) is 4.01. The molecule has 1 nitrogen and oxygen atoms in total. The minimum Gasteiger partial charge on any atom is -0.376 e. The van der Waals surface area contributed by atoms with Gasteiger partial charge in [-0.2, -0.15) is 0 Å². The molecule has 2 atom stereocenters. The number of aryl methyl sites for hydroxylation is 1. The van der Waals surface area contributed by atoms with Gasteiger partial charge in [0.15, 0.2) is 0 Å². The van der Waals surface area contributed by atoms with E-state index >= 15 is 0 Å². The zero-order valence-corrected chi connectivity index (χ0v) is 9.49. The molecular formula is C14H18O. The number of ether oxygens (including phenoxy) is 1. The summed E-state index contributed by atoms with van der Waals surface area (Å²) in [7, 11) is 1.79. The monoisotopic (exact) mass is 202 g/mol. The van der Waals surface area contributed by atoms with Gasteiger partial charge in [-0.15, -0.1) is 0 Å². The van der Waals surface area contributed by atoms with Crippen LogP contribution in [0.2, 0.25) is 0 Å². The smallest absolute Gasteiger partial charge is 0.0888 e. The van der Waals surface area contributed by atoms with Crippen molar-refractivity contribution < 1.29 is 4.74 Å². The Balaban J connectivity index is 2.38. The summed E-state index contributed by atoms with van der Waals surface area (Å²) in [6.45, 7) is 6.17. The lowest BCUT2D eigenvalue weighted by atomic mass is 9.78. The van der Waals surface area contributed by atoms with Gasteiger partial charge in [0.25, 0.3) is 0 Å². The molecule has 1 aromatic rings. The SMILES string of the molecule is C=C(C)[C@@H]1CCc2ccccc2[C@H]1OC. The standard InChI is InChI=1S/C14H18O/c1-10(2)12-9-8-11-6-4-5-7-13(11)14(12)15-3/h4-7,12,14H,1,8-9H2,2-3H3/t12-,14-/m0/s1. The van der Waals surface area contributed by atoms with Gasteiger partial charge in [0.05, 0.1) is 6.10 Å². The fourth-order valence-corrected chi connectivity index (χ4v) is 2.51. The Hall–Kier alpha value is -1.08. The second kappa shape index (κ2) is 4.19. The highest BCUT2D eigenvalue weighted by Gasteiger charge is 2.29. The highest BCUT2D eigenvalue weighted by atomic mass is 16.5. The Morgan fingerprint density at radius 1 is 1.40 bits per heavy atom. The lowest BCUT2D eigenvalue weighted by Gasteiger charge is -2.33. The van der Waals surface area contributed by atoms with Gasteiger partial charge in [-0.25, -0.2) is 0 Å². The van der Waals surface area contributed by atoms with Crippen molar-refractivity contribution in [3.63, 3.8) is 0 Å². The molecule has 1 heteroatoms. The van der Waals surface area contributed by atoms with Crippen molar-refractivity contribution in [1.82, 2.24) is 0 Å². The Bertz CT molecular complexity index is 367. The van der Waals surface area contributed by atoms with E-state index in [4.69, 9.17) is 4.74 Å². The van der Waals surface area contributed by atoms with E-state index in [0.29, 0.717) is 5.92 Å². The molecule has 0 saturated heterocycles. The van der Waals surface area contributed by atoms with Gasteiger partial charge in [0.2, 0.25) is 0 Å². The van der Waals surface area contributed by atoms with Crippen molar-refractivity contribution in [1.29, 1.82) is 0 Å². The first-order valence-corrected chi connectivity index (χ1v) is 5.50. The maximum Gasteiger partial charge on any atom is 0.0888 e. The molecule has 0 saturated carbocycles. The van der Waals surface area contributed by atoms with Crippen molar-refractivity contribution in [3.05, 3.63) is 47.5 Å². The first-order valence-electron chi connectivity index (χ1n) is 5.50. The van der Waals surface area contributed by atoms with Crippen LogP contribution in [-0.4, -0.2) is 7.11 Å². The van der Waals surface area contributed by atoms with E-state index in [0.717, 1.165) is 12.8 Å². The minimum atomic E-state index is 0.201. The maximum absolute atomic E-state index is 5.63. The van der Waals surface area contributed by atoms with Crippen molar-refractivity contribution in [2.45, 2.75) is 25.9 Å². The summed E-state index contributed by atoms with van der Waals surface area (Å²) in [6, 6.07) is 8.58. The van der Waals surface area contributed by atoms with Crippen LogP contribution >= 0.6 is 0 Å². The molecule has 0 amide bonds. The fourth-order valence-electron chi connectivity index (χ4n) is 2.51. The Morgan fingerprint density at radius 2 is 2.13 bits per heavy atom. The van der Waals surface area contributed by atoms with Crippen LogP contribution in [0.4, 0.5) is 0 Å². The molecule has 0 aromatic heterocycles. The average Bonchev–Trinajstić information content (AvgIpc) is 2.27. The Morgan fingerprint density at radius 3 is 2.80 bits per heavy atom.